The highest BCUT2D eigenvalue weighted by Gasteiger charge is 2.37. The number of carboxylic acid groups (broad SMARTS) is 1. The Balaban J connectivity index is 2.18. The summed E-state index contributed by atoms with van der Waals surface area (Å²) in [5.74, 6) is -0.732. The largest absolute Gasteiger partial charge is 0.478 e. The van der Waals surface area contributed by atoms with Crippen molar-refractivity contribution in [2.75, 3.05) is 0 Å². The van der Waals surface area contributed by atoms with Crippen LogP contribution in [0.4, 0.5) is 8.78 Å². The Bertz CT molecular complexity index is 815. The summed E-state index contributed by atoms with van der Waals surface area (Å²) < 4.78 is 30.3. The quantitative estimate of drug-likeness (QED) is 0.717. The number of carboxylic acids is 1. The highest BCUT2D eigenvalue weighted by molar-refractivity contribution is 5.89. The first-order valence-electron chi connectivity index (χ1n) is 8.71. The van der Waals surface area contributed by atoms with Gasteiger partial charge >= 0.3 is 12.6 Å². The number of hydrogen-bond acceptors (Lipinski definition) is 2. The number of alkyl halides is 2. The molecule has 1 aliphatic rings. The van der Waals surface area contributed by atoms with Crippen molar-refractivity contribution in [1.82, 2.24) is 0 Å². The zero-order valence-electron chi connectivity index (χ0n) is 14.8. The van der Waals surface area contributed by atoms with Gasteiger partial charge in [-0.2, -0.15) is 8.78 Å². The van der Waals surface area contributed by atoms with Crippen molar-refractivity contribution >= 4 is 5.97 Å². The van der Waals surface area contributed by atoms with Crippen molar-refractivity contribution in [2.45, 2.75) is 45.6 Å². The second-order valence-corrected chi connectivity index (χ2v) is 7.42. The van der Waals surface area contributed by atoms with E-state index in [0.29, 0.717) is 5.56 Å². The van der Waals surface area contributed by atoms with E-state index in [1.165, 1.54) is 12.1 Å². The van der Waals surface area contributed by atoms with Gasteiger partial charge in [0, 0.05) is 5.56 Å². The van der Waals surface area contributed by atoms with Crippen molar-refractivity contribution in [3.63, 3.8) is 0 Å². The van der Waals surface area contributed by atoms with Gasteiger partial charge in [0.15, 0.2) is 0 Å². The Hall–Kier alpha value is -2.43. The van der Waals surface area contributed by atoms with Crippen molar-refractivity contribution in [1.29, 1.82) is 0 Å². The topological polar surface area (TPSA) is 46.5 Å². The van der Waals surface area contributed by atoms with E-state index >= 15 is 0 Å². The van der Waals surface area contributed by atoms with E-state index in [1.54, 1.807) is 30.3 Å². The van der Waals surface area contributed by atoms with Crippen LogP contribution in [-0.4, -0.2) is 17.7 Å². The van der Waals surface area contributed by atoms with Gasteiger partial charge in [0.25, 0.3) is 0 Å². The standard InChI is InChI=1S/C21H22F2O3/c1-21(2)11-5-7-17(21)16-12-13(19(24)25)9-10-14(16)15-6-3-4-8-18(15)26-20(22)23/h3-4,6,8-10,12,17,20H,5,7,11H2,1-2H3,(H,24,25). The minimum absolute atomic E-state index is 0.0182. The summed E-state index contributed by atoms with van der Waals surface area (Å²) in [6.45, 7) is 1.42. The van der Waals surface area contributed by atoms with Crippen molar-refractivity contribution in [3.8, 4) is 16.9 Å². The SMILES string of the molecule is CC1(C)CCCC1c1cc(C(=O)O)ccc1-c1ccccc1OC(F)F. The lowest BCUT2D eigenvalue weighted by Gasteiger charge is -2.30. The van der Waals surface area contributed by atoms with E-state index in [9.17, 15) is 18.7 Å². The molecule has 0 bridgehead atoms. The average Bonchev–Trinajstić information content (AvgIpc) is 2.93. The molecule has 0 saturated heterocycles. The van der Waals surface area contributed by atoms with E-state index in [0.717, 1.165) is 30.4 Å². The molecule has 2 aromatic carbocycles. The Kier molecular flexibility index (Phi) is 4.99. The number of rotatable bonds is 5. The summed E-state index contributed by atoms with van der Waals surface area (Å²) in [5.41, 5.74) is 2.43. The predicted octanol–water partition coefficient (Wildman–Crippen LogP) is 5.95. The number of benzene rings is 2. The third kappa shape index (κ3) is 3.57. The normalized spacial score (nSPS) is 18.9. The molecule has 1 aliphatic carbocycles. The average molecular weight is 360 g/mol. The van der Waals surface area contributed by atoms with Crippen LogP contribution < -0.4 is 4.74 Å². The maximum absolute atomic E-state index is 12.8. The molecule has 0 radical (unpaired) electrons. The number of carbonyl (C=O) groups is 1. The minimum Gasteiger partial charge on any atom is -0.478 e. The molecule has 5 heteroatoms. The molecule has 0 aromatic heterocycles. The molecule has 1 unspecified atom stereocenters. The molecule has 0 spiro atoms. The summed E-state index contributed by atoms with van der Waals surface area (Å²) in [7, 11) is 0. The molecule has 1 fully saturated rings. The molecule has 3 rings (SSSR count). The Labute approximate surface area is 151 Å². The monoisotopic (exact) mass is 360 g/mol. The highest BCUT2D eigenvalue weighted by atomic mass is 19.3. The lowest BCUT2D eigenvalue weighted by atomic mass is 9.75. The fourth-order valence-corrected chi connectivity index (χ4v) is 4.02. The van der Waals surface area contributed by atoms with Gasteiger partial charge in [-0.05, 0) is 53.5 Å². The summed E-state index contributed by atoms with van der Waals surface area (Å²) in [6.07, 6.45) is 3.05. The maximum atomic E-state index is 12.8. The van der Waals surface area contributed by atoms with Gasteiger partial charge in [-0.1, -0.05) is 44.5 Å². The molecule has 0 heterocycles. The van der Waals surface area contributed by atoms with Crippen LogP contribution in [0.25, 0.3) is 11.1 Å². The second kappa shape index (κ2) is 7.06. The summed E-state index contributed by atoms with van der Waals surface area (Å²) in [6, 6.07) is 11.6. The first-order chi connectivity index (χ1) is 12.3. The molecule has 0 aliphatic heterocycles. The molecule has 2 aromatic rings. The molecule has 26 heavy (non-hydrogen) atoms. The van der Waals surface area contributed by atoms with E-state index in [2.05, 4.69) is 13.8 Å². The summed E-state index contributed by atoms with van der Waals surface area (Å²) >= 11 is 0. The molecule has 1 atom stereocenters. The van der Waals surface area contributed by atoms with Crippen LogP contribution in [0.5, 0.6) is 5.75 Å². The molecule has 0 amide bonds. The van der Waals surface area contributed by atoms with Gasteiger partial charge in [0.2, 0.25) is 0 Å². The Morgan fingerprint density at radius 3 is 2.54 bits per heavy atom. The number of hydrogen-bond donors (Lipinski definition) is 1. The lowest BCUT2D eigenvalue weighted by molar-refractivity contribution is -0.0494. The lowest BCUT2D eigenvalue weighted by Crippen LogP contribution is -2.17. The Morgan fingerprint density at radius 1 is 1.19 bits per heavy atom. The minimum atomic E-state index is -2.92. The summed E-state index contributed by atoms with van der Waals surface area (Å²) in [4.78, 5) is 11.5. The number of halogens is 2. The van der Waals surface area contributed by atoms with Crippen LogP contribution in [0.1, 0.15) is 54.9 Å². The fraction of sp³-hybridized carbons (Fsp3) is 0.381. The number of para-hydroxylation sites is 1. The van der Waals surface area contributed by atoms with Crippen LogP contribution in [0, 0.1) is 5.41 Å². The van der Waals surface area contributed by atoms with Crippen LogP contribution in [0.2, 0.25) is 0 Å². The first kappa shape index (κ1) is 18.4. The van der Waals surface area contributed by atoms with Gasteiger partial charge in [-0.3, -0.25) is 0 Å². The van der Waals surface area contributed by atoms with Gasteiger partial charge in [0.05, 0.1) is 5.56 Å². The first-order valence-corrected chi connectivity index (χ1v) is 8.71. The van der Waals surface area contributed by atoms with Crippen LogP contribution in [0.15, 0.2) is 42.5 Å². The zero-order valence-corrected chi connectivity index (χ0v) is 14.8. The molecular weight excluding hydrogens is 338 g/mol. The van der Waals surface area contributed by atoms with Gasteiger partial charge < -0.3 is 9.84 Å². The van der Waals surface area contributed by atoms with E-state index in [1.807, 2.05) is 0 Å². The molecule has 1 N–H and O–H groups in total. The van der Waals surface area contributed by atoms with Gasteiger partial charge in [0.1, 0.15) is 5.75 Å². The number of ether oxygens (including phenoxy) is 1. The Morgan fingerprint density at radius 2 is 1.92 bits per heavy atom. The van der Waals surface area contributed by atoms with Crippen molar-refractivity contribution in [2.24, 2.45) is 5.41 Å². The van der Waals surface area contributed by atoms with E-state index in [4.69, 9.17) is 4.74 Å². The second-order valence-electron chi connectivity index (χ2n) is 7.42. The smallest absolute Gasteiger partial charge is 0.387 e. The third-order valence-corrected chi connectivity index (χ3v) is 5.32. The number of aromatic carboxylic acids is 1. The summed E-state index contributed by atoms with van der Waals surface area (Å²) in [5, 5.41) is 9.39. The predicted molar refractivity (Wildman–Crippen MR) is 95.8 cm³/mol. The van der Waals surface area contributed by atoms with Crippen LogP contribution in [0.3, 0.4) is 0 Å². The molecular formula is C21H22F2O3. The van der Waals surface area contributed by atoms with Crippen molar-refractivity contribution in [3.05, 3.63) is 53.6 Å². The van der Waals surface area contributed by atoms with Gasteiger partial charge in [-0.15, -0.1) is 0 Å². The fourth-order valence-electron chi connectivity index (χ4n) is 4.02. The zero-order chi connectivity index (χ0) is 18.9. The van der Waals surface area contributed by atoms with Crippen LogP contribution >= 0.6 is 0 Å². The van der Waals surface area contributed by atoms with Crippen LogP contribution in [-0.2, 0) is 0 Å². The molecule has 138 valence electrons. The third-order valence-electron chi connectivity index (χ3n) is 5.32. The molecule has 3 nitrogen and oxygen atoms in total. The van der Waals surface area contributed by atoms with E-state index < -0.39 is 12.6 Å². The maximum Gasteiger partial charge on any atom is 0.387 e. The molecule has 1 saturated carbocycles. The highest BCUT2D eigenvalue weighted by Crippen LogP contribution is 2.51. The van der Waals surface area contributed by atoms with E-state index in [-0.39, 0.29) is 22.6 Å². The van der Waals surface area contributed by atoms with Crippen molar-refractivity contribution < 1.29 is 23.4 Å². The van der Waals surface area contributed by atoms with Gasteiger partial charge in [-0.25, -0.2) is 4.79 Å².